The predicted molar refractivity (Wildman–Crippen MR) is 319 cm³/mol. The molecule has 0 atom stereocenters. The third kappa shape index (κ3) is 7.12. The van der Waals surface area contributed by atoms with E-state index in [1.54, 1.807) is 0 Å². The number of hydrogen-bond acceptors (Lipinski definition) is 4. The summed E-state index contributed by atoms with van der Waals surface area (Å²) in [7, 11) is 0. The molecule has 15 rings (SSSR count). The van der Waals surface area contributed by atoms with E-state index in [-0.39, 0.29) is 0 Å². The van der Waals surface area contributed by atoms with Gasteiger partial charge in [0.2, 0.25) is 0 Å². The van der Waals surface area contributed by atoms with E-state index in [4.69, 9.17) is 4.42 Å². The first-order valence-corrected chi connectivity index (χ1v) is 26.3. The highest BCUT2D eigenvalue weighted by atomic mass is 32.1. The molecule has 0 aliphatic rings. The Bertz CT molecular complexity index is 4640. The number of furan rings is 1. The SMILES string of the molecule is c1ccc(-c2ccc(N(c3ccccc3)c3cc(-c4cc5c6ccccc6n(-c6ccccc6)c5c5c4sc4ccccc45)cc(N(c4ccccc4)c4ccc5oc6c7ccccc7ccc6c5c4)c3)cc2)cc1. The maximum atomic E-state index is 6.71. The molecule has 352 valence electrons. The Balaban J connectivity index is 1.03. The maximum Gasteiger partial charge on any atom is 0.143 e. The van der Waals surface area contributed by atoms with Gasteiger partial charge in [0.05, 0.1) is 11.0 Å². The van der Waals surface area contributed by atoms with E-state index in [0.717, 1.165) is 78.1 Å². The second kappa shape index (κ2) is 17.5. The smallest absolute Gasteiger partial charge is 0.143 e. The molecule has 3 aromatic heterocycles. The van der Waals surface area contributed by atoms with Crippen molar-refractivity contribution in [2.24, 2.45) is 0 Å². The quantitative estimate of drug-likeness (QED) is 0.144. The van der Waals surface area contributed by atoms with Crippen LogP contribution in [0.3, 0.4) is 0 Å². The lowest BCUT2D eigenvalue weighted by Gasteiger charge is -2.30. The van der Waals surface area contributed by atoms with Gasteiger partial charge in [-0.15, -0.1) is 11.3 Å². The van der Waals surface area contributed by atoms with Crippen LogP contribution >= 0.6 is 11.3 Å². The second-order valence-corrected chi connectivity index (χ2v) is 20.3. The number of nitrogens with zero attached hydrogens (tertiary/aromatic N) is 3. The van der Waals surface area contributed by atoms with Crippen LogP contribution in [0.5, 0.6) is 0 Å². The van der Waals surface area contributed by atoms with Crippen molar-refractivity contribution >= 4 is 120 Å². The van der Waals surface area contributed by atoms with Gasteiger partial charge in [-0.05, 0) is 131 Å². The zero-order valence-corrected chi connectivity index (χ0v) is 41.5. The van der Waals surface area contributed by atoms with Crippen molar-refractivity contribution in [3.63, 3.8) is 0 Å². The van der Waals surface area contributed by atoms with Gasteiger partial charge < -0.3 is 18.8 Å². The first-order chi connectivity index (χ1) is 37.2. The minimum Gasteiger partial charge on any atom is -0.455 e. The Morgan fingerprint density at radius 1 is 0.347 bits per heavy atom. The Kier molecular flexibility index (Phi) is 10.0. The van der Waals surface area contributed by atoms with E-state index in [9.17, 15) is 0 Å². The summed E-state index contributed by atoms with van der Waals surface area (Å²) >= 11 is 1.88. The van der Waals surface area contributed by atoms with Gasteiger partial charge in [0.15, 0.2) is 0 Å². The van der Waals surface area contributed by atoms with Crippen molar-refractivity contribution < 1.29 is 4.42 Å². The van der Waals surface area contributed by atoms with Gasteiger partial charge in [-0.3, -0.25) is 0 Å². The molecule has 0 saturated heterocycles. The van der Waals surface area contributed by atoms with Crippen LogP contribution in [0.1, 0.15) is 0 Å². The molecule has 0 aliphatic heterocycles. The number of rotatable bonds is 9. The molecular weight excluding hydrogens is 931 g/mol. The Labute approximate surface area is 437 Å². The first kappa shape index (κ1) is 43.0. The fourth-order valence-corrected chi connectivity index (χ4v) is 12.8. The van der Waals surface area contributed by atoms with Gasteiger partial charge >= 0.3 is 0 Å². The molecule has 0 bridgehead atoms. The summed E-state index contributed by atoms with van der Waals surface area (Å²) in [5, 5.41) is 9.38. The van der Waals surface area contributed by atoms with Gasteiger partial charge in [0.25, 0.3) is 0 Å². The van der Waals surface area contributed by atoms with Crippen molar-refractivity contribution in [2.75, 3.05) is 9.80 Å². The molecule has 0 spiro atoms. The standard InChI is InChI=1S/C70H45N3OS/c1-5-19-46(20-6-1)47-33-36-53(37-34-47)71(50-22-7-2-8-23-50)55-41-49(61-45-63-58-29-15-17-31-64(58)73(52-26-11-4-12-27-52)68(63)67-60-30-16-18-32-66(60)75-70(61)67)42-56(43-55)72(51-24-9-3-10-25-51)54-38-40-65-62(44-54)59-39-35-48-21-13-14-28-57(48)69(59)74-65/h1-45H. The Morgan fingerprint density at radius 3 is 1.65 bits per heavy atom. The summed E-state index contributed by atoms with van der Waals surface area (Å²) in [5.74, 6) is 0. The normalized spacial score (nSPS) is 11.7. The van der Waals surface area contributed by atoms with E-state index >= 15 is 0 Å². The summed E-state index contributed by atoms with van der Waals surface area (Å²) in [6.45, 7) is 0. The van der Waals surface area contributed by atoms with E-state index in [1.807, 2.05) is 11.3 Å². The number of hydrogen-bond donors (Lipinski definition) is 0. The van der Waals surface area contributed by atoms with Crippen LogP contribution in [-0.4, -0.2) is 4.57 Å². The molecule has 0 amide bonds. The summed E-state index contributed by atoms with van der Waals surface area (Å²) in [6, 6.07) is 99.0. The van der Waals surface area contributed by atoms with Crippen molar-refractivity contribution in [2.45, 2.75) is 0 Å². The molecule has 0 unspecified atom stereocenters. The van der Waals surface area contributed by atoms with E-state index in [1.165, 1.54) is 58.7 Å². The van der Waals surface area contributed by atoms with Crippen molar-refractivity contribution in [1.29, 1.82) is 0 Å². The van der Waals surface area contributed by atoms with Crippen LogP contribution in [0.4, 0.5) is 34.1 Å². The van der Waals surface area contributed by atoms with Gasteiger partial charge in [0.1, 0.15) is 11.2 Å². The number of thiophene rings is 1. The lowest BCUT2D eigenvalue weighted by Crippen LogP contribution is -2.13. The summed E-state index contributed by atoms with van der Waals surface area (Å²) in [4.78, 5) is 4.82. The minimum absolute atomic E-state index is 0.858. The van der Waals surface area contributed by atoms with Crippen LogP contribution in [0.2, 0.25) is 0 Å². The van der Waals surface area contributed by atoms with Crippen LogP contribution in [0.15, 0.2) is 277 Å². The van der Waals surface area contributed by atoms with Gasteiger partial charge in [0, 0.05) is 92.5 Å². The molecule has 0 aliphatic carbocycles. The Hall–Kier alpha value is -9.68. The summed E-state index contributed by atoms with van der Waals surface area (Å²) in [5.41, 5.74) is 16.2. The lowest BCUT2D eigenvalue weighted by molar-refractivity contribution is 0.672. The van der Waals surface area contributed by atoms with E-state index < -0.39 is 0 Å². The van der Waals surface area contributed by atoms with Crippen LogP contribution in [0, 0.1) is 0 Å². The highest BCUT2D eigenvalue weighted by Crippen LogP contribution is 2.51. The van der Waals surface area contributed by atoms with E-state index in [0.29, 0.717) is 0 Å². The first-order valence-electron chi connectivity index (χ1n) is 25.5. The molecule has 0 saturated carbocycles. The third-order valence-corrected chi connectivity index (χ3v) is 16.1. The van der Waals surface area contributed by atoms with Gasteiger partial charge in [-0.1, -0.05) is 164 Å². The van der Waals surface area contributed by atoms with Gasteiger partial charge in [-0.25, -0.2) is 0 Å². The zero-order chi connectivity index (χ0) is 49.4. The number of aromatic nitrogens is 1. The number of fused-ring (bicyclic) bond motifs is 12. The van der Waals surface area contributed by atoms with Crippen LogP contribution in [-0.2, 0) is 0 Å². The predicted octanol–water partition coefficient (Wildman–Crippen LogP) is 20.5. The monoisotopic (exact) mass is 975 g/mol. The molecule has 5 heteroatoms. The summed E-state index contributed by atoms with van der Waals surface area (Å²) < 4.78 is 11.7. The molecule has 0 fully saturated rings. The number of benzene rings is 12. The molecule has 3 heterocycles. The average Bonchev–Trinajstić information content (AvgIpc) is 4.24. The fourth-order valence-electron chi connectivity index (χ4n) is 11.5. The molecule has 75 heavy (non-hydrogen) atoms. The molecule has 15 aromatic rings. The molecule has 0 radical (unpaired) electrons. The minimum atomic E-state index is 0.858. The molecule has 4 nitrogen and oxygen atoms in total. The lowest BCUT2D eigenvalue weighted by atomic mass is 9.97. The van der Waals surface area contributed by atoms with Gasteiger partial charge in [-0.2, -0.15) is 0 Å². The van der Waals surface area contributed by atoms with E-state index in [2.05, 4.69) is 287 Å². The topological polar surface area (TPSA) is 24.6 Å². The number of anilines is 6. The maximum absolute atomic E-state index is 6.71. The zero-order valence-electron chi connectivity index (χ0n) is 40.6. The summed E-state index contributed by atoms with van der Waals surface area (Å²) in [6.07, 6.45) is 0. The average molecular weight is 976 g/mol. The third-order valence-electron chi connectivity index (χ3n) is 14.9. The Morgan fingerprint density at radius 2 is 0.920 bits per heavy atom. The second-order valence-electron chi connectivity index (χ2n) is 19.2. The van der Waals surface area contributed by atoms with Crippen molar-refractivity contribution in [1.82, 2.24) is 4.57 Å². The molecule has 12 aromatic carbocycles. The number of para-hydroxylation sites is 4. The van der Waals surface area contributed by atoms with Crippen LogP contribution < -0.4 is 9.80 Å². The van der Waals surface area contributed by atoms with Crippen molar-refractivity contribution in [3.8, 4) is 27.9 Å². The van der Waals surface area contributed by atoms with Crippen molar-refractivity contribution in [3.05, 3.63) is 273 Å². The largest absolute Gasteiger partial charge is 0.455 e. The molecule has 0 N–H and O–H groups in total. The van der Waals surface area contributed by atoms with Crippen LogP contribution in [0.25, 0.3) is 103 Å². The highest BCUT2D eigenvalue weighted by molar-refractivity contribution is 7.26. The fraction of sp³-hybridized carbons (Fsp3) is 0. The molecular formula is C70H45N3OS. The highest BCUT2D eigenvalue weighted by Gasteiger charge is 2.25.